The van der Waals surface area contributed by atoms with Crippen LogP contribution in [-0.2, 0) is 4.79 Å². The van der Waals surface area contributed by atoms with Crippen molar-refractivity contribution in [3.63, 3.8) is 0 Å². The topological polar surface area (TPSA) is 50.4 Å². The highest BCUT2D eigenvalue weighted by Gasteiger charge is 2.25. The highest BCUT2D eigenvalue weighted by molar-refractivity contribution is 14.1. The van der Waals surface area contributed by atoms with Crippen LogP contribution in [0.15, 0.2) is 48.5 Å². The molecule has 0 radical (unpaired) electrons. The number of amides is 1. The Morgan fingerprint density at radius 1 is 1.20 bits per heavy atom. The summed E-state index contributed by atoms with van der Waals surface area (Å²) in [5.41, 5.74) is 1.73. The van der Waals surface area contributed by atoms with Crippen LogP contribution in [0.25, 0.3) is 0 Å². The molecule has 1 unspecified atom stereocenters. The minimum absolute atomic E-state index is 0.142. The zero-order valence-corrected chi connectivity index (χ0v) is 12.8. The van der Waals surface area contributed by atoms with Gasteiger partial charge in [-0.05, 0) is 46.9 Å². The molecular formula is C15H13IN2O2. The summed E-state index contributed by atoms with van der Waals surface area (Å²) in [5, 5.41) is 6.11. The number of hydrogen-bond acceptors (Lipinski definition) is 3. The van der Waals surface area contributed by atoms with E-state index in [0.717, 1.165) is 14.9 Å². The first kappa shape index (κ1) is 13.2. The van der Waals surface area contributed by atoms with Crippen molar-refractivity contribution in [2.75, 3.05) is 17.2 Å². The number of benzene rings is 2. The van der Waals surface area contributed by atoms with Gasteiger partial charge >= 0.3 is 0 Å². The zero-order chi connectivity index (χ0) is 13.9. The van der Waals surface area contributed by atoms with Crippen molar-refractivity contribution in [1.29, 1.82) is 0 Å². The van der Waals surface area contributed by atoms with Gasteiger partial charge in [0, 0.05) is 3.57 Å². The molecule has 0 saturated heterocycles. The van der Waals surface area contributed by atoms with Crippen LogP contribution >= 0.6 is 22.6 Å². The second-order valence-electron chi connectivity index (χ2n) is 4.45. The molecule has 1 amide bonds. The molecule has 3 rings (SSSR count). The molecule has 0 aliphatic carbocycles. The highest BCUT2D eigenvalue weighted by Crippen LogP contribution is 2.28. The van der Waals surface area contributed by atoms with Crippen molar-refractivity contribution >= 4 is 39.9 Å². The van der Waals surface area contributed by atoms with E-state index in [2.05, 4.69) is 33.2 Å². The van der Waals surface area contributed by atoms with E-state index in [1.165, 1.54) is 0 Å². The summed E-state index contributed by atoms with van der Waals surface area (Å²) in [5.74, 6) is 0.567. The Kier molecular flexibility index (Phi) is 3.77. The van der Waals surface area contributed by atoms with Crippen LogP contribution in [-0.4, -0.2) is 18.6 Å². The average Bonchev–Trinajstić information content (AvgIpc) is 2.49. The Bertz CT molecular complexity index is 645. The fourth-order valence-corrected chi connectivity index (χ4v) is 2.56. The lowest BCUT2D eigenvalue weighted by Gasteiger charge is -2.26. The third kappa shape index (κ3) is 2.72. The van der Waals surface area contributed by atoms with E-state index in [9.17, 15) is 4.79 Å². The maximum absolute atomic E-state index is 12.3. The maximum Gasteiger partial charge on any atom is 0.267 e. The van der Waals surface area contributed by atoms with Gasteiger partial charge in [-0.15, -0.1) is 0 Å². The van der Waals surface area contributed by atoms with Gasteiger partial charge in [0.1, 0.15) is 5.75 Å². The summed E-state index contributed by atoms with van der Waals surface area (Å²) in [4.78, 5) is 12.3. The summed E-state index contributed by atoms with van der Waals surface area (Å²) in [6, 6.07) is 15.3. The van der Waals surface area contributed by atoms with Gasteiger partial charge < -0.3 is 15.4 Å². The second kappa shape index (κ2) is 5.70. The van der Waals surface area contributed by atoms with Gasteiger partial charge in [-0.1, -0.05) is 24.3 Å². The van der Waals surface area contributed by atoms with Crippen molar-refractivity contribution in [1.82, 2.24) is 0 Å². The van der Waals surface area contributed by atoms with E-state index in [0.29, 0.717) is 12.3 Å². The maximum atomic E-state index is 12.3. The lowest BCUT2D eigenvalue weighted by Crippen LogP contribution is -2.41. The summed E-state index contributed by atoms with van der Waals surface area (Å²) >= 11 is 2.19. The quantitative estimate of drug-likeness (QED) is 0.788. The molecular weight excluding hydrogens is 367 g/mol. The number of halogens is 1. The predicted octanol–water partition coefficient (Wildman–Crippen LogP) is 3.10. The van der Waals surface area contributed by atoms with Crippen LogP contribution in [0.1, 0.15) is 0 Å². The molecule has 1 heterocycles. The lowest BCUT2D eigenvalue weighted by molar-refractivity contribution is -0.122. The predicted molar refractivity (Wildman–Crippen MR) is 87.1 cm³/mol. The summed E-state index contributed by atoms with van der Waals surface area (Å²) in [6.45, 7) is 0.465. The van der Waals surface area contributed by atoms with Gasteiger partial charge in [0.15, 0.2) is 6.10 Å². The van der Waals surface area contributed by atoms with Crippen LogP contribution in [0, 0.1) is 3.57 Å². The van der Waals surface area contributed by atoms with E-state index >= 15 is 0 Å². The largest absolute Gasteiger partial charge is 0.477 e. The number of fused-ring (bicyclic) bond motifs is 1. The van der Waals surface area contributed by atoms with E-state index in [1.54, 1.807) is 0 Å². The Morgan fingerprint density at radius 3 is 2.80 bits per heavy atom. The molecule has 0 fully saturated rings. The van der Waals surface area contributed by atoms with Crippen LogP contribution < -0.4 is 15.4 Å². The minimum atomic E-state index is -0.527. The third-order valence-electron chi connectivity index (χ3n) is 3.06. The number of carbonyl (C=O) groups is 1. The Labute approximate surface area is 130 Å². The van der Waals surface area contributed by atoms with Gasteiger partial charge in [0.25, 0.3) is 5.91 Å². The second-order valence-corrected chi connectivity index (χ2v) is 5.61. The van der Waals surface area contributed by atoms with Crippen LogP contribution in [0.2, 0.25) is 0 Å². The Morgan fingerprint density at radius 2 is 1.95 bits per heavy atom. The first-order chi connectivity index (χ1) is 9.74. The number of hydrogen-bond donors (Lipinski definition) is 2. The lowest BCUT2D eigenvalue weighted by atomic mass is 10.2. The smallest absolute Gasteiger partial charge is 0.267 e. The monoisotopic (exact) mass is 380 g/mol. The average molecular weight is 380 g/mol. The van der Waals surface area contributed by atoms with Crippen molar-refractivity contribution in [3.05, 3.63) is 52.1 Å². The summed E-state index contributed by atoms with van der Waals surface area (Å²) in [6.07, 6.45) is -0.527. The number of ether oxygens (including phenoxy) is 1. The molecule has 5 heteroatoms. The first-order valence-electron chi connectivity index (χ1n) is 6.29. The molecule has 4 nitrogen and oxygen atoms in total. The van der Waals surface area contributed by atoms with Gasteiger partial charge in [-0.2, -0.15) is 0 Å². The summed E-state index contributed by atoms with van der Waals surface area (Å²) in [7, 11) is 0. The molecule has 20 heavy (non-hydrogen) atoms. The normalized spacial score (nSPS) is 16.6. The number of para-hydroxylation sites is 3. The van der Waals surface area contributed by atoms with E-state index in [1.807, 2.05) is 48.5 Å². The number of carbonyl (C=O) groups excluding carboxylic acids is 1. The highest BCUT2D eigenvalue weighted by atomic mass is 127. The molecule has 2 aromatic rings. The number of rotatable bonds is 2. The Balaban J connectivity index is 1.72. The zero-order valence-electron chi connectivity index (χ0n) is 10.6. The molecule has 2 aromatic carbocycles. The molecule has 0 saturated carbocycles. The molecule has 102 valence electrons. The SMILES string of the molecule is O=C(Nc1ccccc1I)C1CNc2ccccc2O1. The van der Waals surface area contributed by atoms with Crippen LogP contribution in [0.3, 0.4) is 0 Å². The molecule has 0 spiro atoms. The molecule has 1 aliphatic heterocycles. The third-order valence-corrected chi connectivity index (χ3v) is 4.00. The van der Waals surface area contributed by atoms with Gasteiger partial charge in [0.2, 0.25) is 0 Å². The fraction of sp³-hybridized carbons (Fsp3) is 0.133. The Hall–Kier alpha value is -1.76. The number of anilines is 2. The van der Waals surface area contributed by atoms with Gasteiger partial charge in [-0.25, -0.2) is 0 Å². The van der Waals surface area contributed by atoms with Crippen LogP contribution in [0.5, 0.6) is 5.75 Å². The summed E-state index contributed by atoms with van der Waals surface area (Å²) < 4.78 is 6.73. The van der Waals surface area contributed by atoms with Crippen molar-refractivity contribution in [3.8, 4) is 5.75 Å². The molecule has 2 N–H and O–H groups in total. The standard InChI is InChI=1S/C15H13IN2O2/c16-10-5-1-2-6-11(10)18-15(19)14-9-17-12-7-3-4-8-13(12)20-14/h1-8,14,17H,9H2,(H,18,19). The van der Waals surface area contributed by atoms with Crippen molar-refractivity contribution < 1.29 is 9.53 Å². The van der Waals surface area contributed by atoms with E-state index in [4.69, 9.17) is 4.74 Å². The van der Waals surface area contributed by atoms with Gasteiger partial charge in [-0.3, -0.25) is 4.79 Å². The van der Waals surface area contributed by atoms with Crippen molar-refractivity contribution in [2.45, 2.75) is 6.10 Å². The van der Waals surface area contributed by atoms with E-state index in [-0.39, 0.29) is 5.91 Å². The molecule has 1 aliphatic rings. The number of nitrogens with one attached hydrogen (secondary N) is 2. The van der Waals surface area contributed by atoms with E-state index < -0.39 is 6.10 Å². The molecule has 0 aromatic heterocycles. The molecule has 1 atom stereocenters. The van der Waals surface area contributed by atoms with Crippen LogP contribution in [0.4, 0.5) is 11.4 Å². The first-order valence-corrected chi connectivity index (χ1v) is 7.37. The molecule has 0 bridgehead atoms. The fourth-order valence-electron chi connectivity index (χ4n) is 2.04. The minimum Gasteiger partial charge on any atom is -0.477 e. The van der Waals surface area contributed by atoms with Crippen molar-refractivity contribution in [2.24, 2.45) is 0 Å². The van der Waals surface area contributed by atoms with Gasteiger partial charge in [0.05, 0.1) is 17.9 Å².